The quantitative estimate of drug-likeness (QED) is 0.384. The number of rotatable bonds is 13. The van der Waals surface area contributed by atoms with Crippen LogP contribution >= 0.6 is 0 Å². The Morgan fingerprint density at radius 3 is 1.91 bits per heavy atom. The summed E-state index contributed by atoms with van der Waals surface area (Å²) in [5.41, 5.74) is 3.71. The summed E-state index contributed by atoms with van der Waals surface area (Å²) >= 11 is 0. The van der Waals surface area contributed by atoms with Crippen molar-refractivity contribution in [1.82, 2.24) is 0 Å². The Morgan fingerprint density at radius 2 is 1.38 bits per heavy atom. The monoisotopic (exact) mass is 524 g/mol. The van der Waals surface area contributed by atoms with E-state index in [1.54, 1.807) is 12.6 Å². The SMILES string of the molecule is CO[Si](C)(O)O[Si](C)(OC)O[Si](O)(/C=C/COc1ccc(C(C)(C)c2ccccc2)cc1)OC. The Kier molecular flexibility index (Phi) is 9.97. The van der Waals surface area contributed by atoms with Gasteiger partial charge >= 0.3 is 26.4 Å². The van der Waals surface area contributed by atoms with Gasteiger partial charge in [0, 0.05) is 39.8 Å². The van der Waals surface area contributed by atoms with Gasteiger partial charge in [0.2, 0.25) is 0 Å². The molecule has 2 aromatic carbocycles. The van der Waals surface area contributed by atoms with Gasteiger partial charge in [-0.1, -0.05) is 56.3 Å². The van der Waals surface area contributed by atoms with Crippen molar-refractivity contribution in [2.24, 2.45) is 0 Å². The van der Waals surface area contributed by atoms with Crippen LogP contribution in [0.5, 0.6) is 5.75 Å². The predicted octanol–water partition coefficient (Wildman–Crippen LogP) is 3.52. The van der Waals surface area contributed by atoms with Crippen molar-refractivity contribution in [2.45, 2.75) is 32.4 Å². The first-order chi connectivity index (χ1) is 15.9. The highest BCUT2D eigenvalue weighted by atomic mass is 28.5. The van der Waals surface area contributed by atoms with Crippen LogP contribution in [0.1, 0.15) is 25.0 Å². The van der Waals surface area contributed by atoms with E-state index >= 15 is 0 Å². The fourth-order valence-electron chi connectivity index (χ4n) is 3.23. The van der Waals surface area contributed by atoms with Crippen molar-refractivity contribution in [3.63, 3.8) is 0 Å². The van der Waals surface area contributed by atoms with E-state index < -0.39 is 26.4 Å². The smallest absolute Gasteiger partial charge is 0.490 e. The summed E-state index contributed by atoms with van der Waals surface area (Å²) in [4.78, 5) is 21.0. The molecule has 0 aromatic heterocycles. The molecule has 2 rings (SSSR count). The van der Waals surface area contributed by atoms with Gasteiger partial charge in [-0.25, -0.2) is 0 Å². The molecule has 0 bridgehead atoms. The molecule has 0 saturated carbocycles. The molecule has 0 spiro atoms. The van der Waals surface area contributed by atoms with Crippen LogP contribution in [0, 0.1) is 0 Å². The first-order valence-corrected chi connectivity index (χ1v) is 17.2. The Morgan fingerprint density at radius 1 is 0.794 bits per heavy atom. The minimum absolute atomic E-state index is 0.131. The Balaban J connectivity index is 2.00. The molecule has 188 valence electrons. The van der Waals surface area contributed by atoms with Crippen molar-refractivity contribution < 1.29 is 35.8 Å². The van der Waals surface area contributed by atoms with Crippen LogP contribution in [0.15, 0.2) is 66.4 Å². The van der Waals surface area contributed by atoms with E-state index in [0.29, 0.717) is 5.75 Å². The highest BCUT2D eigenvalue weighted by molar-refractivity contribution is 6.80. The third-order valence-electron chi connectivity index (χ3n) is 5.49. The maximum atomic E-state index is 10.8. The van der Waals surface area contributed by atoms with E-state index in [1.165, 1.54) is 44.7 Å². The standard InChI is InChI=1S/C23H36O8Si3/c1-23(2,20-12-9-8-10-13-20)21-14-16-22(17-15-21)29-18-11-19-34(25,28-5)31-33(7,27-4)30-32(6,24)26-3/h8-17,19,24-25H,18H2,1-7H3/b19-11+. The van der Waals surface area contributed by atoms with Gasteiger partial charge in [0.05, 0.1) is 0 Å². The molecule has 3 unspecified atom stereocenters. The van der Waals surface area contributed by atoms with E-state index in [1.807, 2.05) is 42.5 Å². The lowest BCUT2D eigenvalue weighted by atomic mass is 9.78. The maximum absolute atomic E-state index is 10.8. The van der Waals surface area contributed by atoms with Gasteiger partial charge in [-0.05, 0) is 35.0 Å². The van der Waals surface area contributed by atoms with Gasteiger partial charge in [-0.15, -0.1) is 0 Å². The van der Waals surface area contributed by atoms with Crippen LogP contribution < -0.4 is 4.74 Å². The van der Waals surface area contributed by atoms with Crippen LogP contribution in [-0.2, 0) is 26.9 Å². The lowest BCUT2D eigenvalue weighted by Crippen LogP contribution is -2.59. The average molecular weight is 525 g/mol. The number of hydrogen-bond acceptors (Lipinski definition) is 8. The van der Waals surface area contributed by atoms with Crippen LogP contribution in [-0.4, -0.2) is 63.9 Å². The highest BCUT2D eigenvalue weighted by Gasteiger charge is 2.51. The summed E-state index contributed by atoms with van der Waals surface area (Å²) in [7, 11) is -6.62. The number of benzene rings is 2. The molecule has 0 aliphatic heterocycles. The number of ether oxygens (including phenoxy) is 1. The molecule has 0 fully saturated rings. The zero-order valence-corrected chi connectivity index (χ0v) is 23.9. The molecule has 34 heavy (non-hydrogen) atoms. The minimum Gasteiger partial charge on any atom is -0.490 e. The molecule has 11 heteroatoms. The number of hydrogen-bond donors (Lipinski definition) is 2. The van der Waals surface area contributed by atoms with Gasteiger partial charge in [0.15, 0.2) is 0 Å². The lowest BCUT2D eigenvalue weighted by Gasteiger charge is -2.34. The summed E-state index contributed by atoms with van der Waals surface area (Å²) in [6.45, 7) is 7.55. The lowest BCUT2D eigenvalue weighted by molar-refractivity contribution is 0.101. The zero-order chi connectivity index (χ0) is 25.5. The molecule has 2 N–H and O–H groups in total. The summed E-state index contributed by atoms with van der Waals surface area (Å²) < 4.78 is 32.6. The second kappa shape index (κ2) is 11.9. The fraction of sp³-hybridized carbons (Fsp3) is 0.391. The van der Waals surface area contributed by atoms with E-state index in [-0.39, 0.29) is 12.0 Å². The molecule has 0 heterocycles. The highest BCUT2D eigenvalue weighted by Crippen LogP contribution is 2.32. The third-order valence-corrected chi connectivity index (χ3v) is 13.9. The van der Waals surface area contributed by atoms with Crippen molar-refractivity contribution in [1.29, 1.82) is 0 Å². The van der Waals surface area contributed by atoms with E-state index in [2.05, 4.69) is 26.0 Å². The minimum atomic E-state index is -3.80. The predicted molar refractivity (Wildman–Crippen MR) is 136 cm³/mol. The van der Waals surface area contributed by atoms with Gasteiger partial charge in [0.25, 0.3) is 0 Å². The topological polar surface area (TPSA) is 95.8 Å². The normalized spacial score (nSPS) is 17.7. The first kappa shape index (κ1) is 28.6. The molecule has 3 atom stereocenters. The zero-order valence-electron chi connectivity index (χ0n) is 20.9. The first-order valence-electron chi connectivity index (χ1n) is 10.9. The van der Waals surface area contributed by atoms with Crippen LogP contribution in [0.4, 0.5) is 0 Å². The van der Waals surface area contributed by atoms with Crippen molar-refractivity contribution in [3.8, 4) is 5.75 Å². The van der Waals surface area contributed by atoms with Crippen LogP contribution in [0.3, 0.4) is 0 Å². The molecule has 2 aromatic rings. The Hall–Kier alpha value is -1.65. The second-order valence-corrected chi connectivity index (χ2v) is 16.4. The van der Waals surface area contributed by atoms with Gasteiger partial charge in [-0.2, -0.15) is 0 Å². The van der Waals surface area contributed by atoms with E-state index in [4.69, 9.17) is 26.2 Å². The molecular formula is C23H36O8Si3. The average Bonchev–Trinajstić information content (AvgIpc) is 2.82. The van der Waals surface area contributed by atoms with E-state index in [9.17, 15) is 9.59 Å². The van der Waals surface area contributed by atoms with Crippen molar-refractivity contribution in [3.05, 3.63) is 77.5 Å². The van der Waals surface area contributed by atoms with Gasteiger partial charge in [0.1, 0.15) is 12.4 Å². The maximum Gasteiger partial charge on any atom is 0.519 e. The van der Waals surface area contributed by atoms with Crippen LogP contribution in [0.25, 0.3) is 0 Å². The summed E-state index contributed by atoms with van der Waals surface area (Å²) in [6, 6.07) is 18.3. The summed E-state index contributed by atoms with van der Waals surface area (Å²) in [5, 5.41) is 0. The van der Waals surface area contributed by atoms with Crippen molar-refractivity contribution >= 4 is 26.4 Å². The largest absolute Gasteiger partial charge is 0.519 e. The molecular weight excluding hydrogens is 489 g/mol. The molecule has 0 amide bonds. The Bertz CT molecular complexity index is 924. The van der Waals surface area contributed by atoms with Gasteiger partial charge in [-0.3, -0.25) is 0 Å². The molecule has 0 aliphatic carbocycles. The van der Waals surface area contributed by atoms with E-state index in [0.717, 1.165) is 0 Å². The molecule has 0 radical (unpaired) electrons. The third kappa shape index (κ3) is 7.95. The summed E-state index contributed by atoms with van der Waals surface area (Å²) in [5.74, 6) is 0.697. The summed E-state index contributed by atoms with van der Waals surface area (Å²) in [6.07, 6.45) is 1.62. The van der Waals surface area contributed by atoms with Crippen molar-refractivity contribution in [2.75, 3.05) is 27.9 Å². The second-order valence-electron chi connectivity index (χ2n) is 8.44. The van der Waals surface area contributed by atoms with Crippen LogP contribution in [0.2, 0.25) is 13.1 Å². The Labute approximate surface area is 205 Å². The molecule has 0 saturated heterocycles. The van der Waals surface area contributed by atoms with Gasteiger partial charge < -0.3 is 35.8 Å². The molecule has 0 aliphatic rings. The fourth-order valence-corrected chi connectivity index (χ4v) is 10.8. The molecule has 8 nitrogen and oxygen atoms in total.